The van der Waals surface area contributed by atoms with Crippen LogP contribution in [0, 0.1) is 6.92 Å². The highest BCUT2D eigenvalue weighted by Gasteiger charge is 2.30. The number of piperidine rings is 1. The van der Waals surface area contributed by atoms with E-state index in [0.29, 0.717) is 13.1 Å². The number of nitrogens with zero attached hydrogens (tertiary/aromatic N) is 1. The maximum absolute atomic E-state index is 12.9. The summed E-state index contributed by atoms with van der Waals surface area (Å²) >= 11 is 0.867. The van der Waals surface area contributed by atoms with Crippen LogP contribution in [0.3, 0.4) is 0 Å². The van der Waals surface area contributed by atoms with Gasteiger partial charge in [-0.05, 0) is 31.4 Å². The molecule has 2 aromatic rings. The van der Waals surface area contributed by atoms with Crippen molar-refractivity contribution < 1.29 is 18.0 Å². The second-order valence-corrected chi connectivity index (χ2v) is 10.1. The number of aryl methyl sites for hydroxylation is 1. The molecule has 2 heterocycles. The number of anilines is 1. The van der Waals surface area contributed by atoms with Crippen molar-refractivity contribution in [1.29, 1.82) is 0 Å². The van der Waals surface area contributed by atoms with Crippen molar-refractivity contribution in [3.63, 3.8) is 0 Å². The summed E-state index contributed by atoms with van der Waals surface area (Å²) < 4.78 is 27.2. The number of benzene rings is 1. The monoisotopic (exact) mass is 421 g/mol. The summed E-state index contributed by atoms with van der Waals surface area (Å²) in [5.74, 6) is -1.11. The Morgan fingerprint density at radius 1 is 1.14 bits per heavy atom. The van der Waals surface area contributed by atoms with Crippen molar-refractivity contribution in [1.82, 2.24) is 4.31 Å². The molecule has 9 heteroatoms. The molecule has 1 aromatic heterocycles. The van der Waals surface area contributed by atoms with Crippen molar-refractivity contribution in [2.75, 3.05) is 18.4 Å². The molecule has 0 saturated carbocycles. The first kappa shape index (κ1) is 20.5. The van der Waals surface area contributed by atoms with Crippen molar-refractivity contribution in [3.05, 3.63) is 47.0 Å². The van der Waals surface area contributed by atoms with Crippen LogP contribution in [0.5, 0.6) is 0 Å². The molecule has 0 aliphatic carbocycles. The van der Waals surface area contributed by atoms with Gasteiger partial charge in [-0.15, -0.1) is 11.3 Å². The van der Waals surface area contributed by atoms with Crippen LogP contribution in [0.1, 0.15) is 40.7 Å². The molecule has 1 fully saturated rings. The Kier molecular flexibility index (Phi) is 6.17. The van der Waals surface area contributed by atoms with Crippen molar-refractivity contribution >= 4 is 38.2 Å². The van der Waals surface area contributed by atoms with Crippen LogP contribution in [-0.4, -0.2) is 37.6 Å². The number of hydrogen-bond donors (Lipinski definition) is 2. The van der Waals surface area contributed by atoms with Crippen molar-refractivity contribution in [2.24, 2.45) is 5.73 Å². The largest absolute Gasteiger partial charge is 0.366 e. The Labute approximate surface area is 168 Å². The van der Waals surface area contributed by atoms with Gasteiger partial charge in [0.25, 0.3) is 15.9 Å². The van der Waals surface area contributed by atoms with E-state index in [1.807, 2.05) is 31.2 Å². The summed E-state index contributed by atoms with van der Waals surface area (Å²) in [6, 6.07) is 8.78. The third-order valence-electron chi connectivity index (χ3n) is 4.62. The zero-order chi connectivity index (χ0) is 20.3. The van der Waals surface area contributed by atoms with E-state index in [2.05, 4.69) is 5.32 Å². The van der Waals surface area contributed by atoms with Gasteiger partial charge in [0.15, 0.2) is 0 Å². The molecule has 1 aliphatic heterocycles. The zero-order valence-corrected chi connectivity index (χ0v) is 17.2. The quantitative estimate of drug-likeness (QED) is 0.747. The van der Waals surface area contributed by atoms with Crippen LogP contribution in [0.4, 0.5) is 5.00 Å². The summed E-state index contributed by atoms with van der Waals surface area (Å²) in [5, 5.41) is 2.81. The first-order valence-electron chi connectivity index (χ1n) is 9.06. The number of hydrogen-bond acceptors (Lipinski definition) is 5. The number of thiophene rings is 1. The van der Waals surface area contributed by atoms with E-state index >= 15 is 0 Å². The van der Waals surface area contributed by atoms with Gasteiger partial charge in [0, 0.05) is 13.1 Å². The summed E-state index contributed by atoms with van der Waals surface area (Å²) in [4.78, 5) is 24.2. The van der Waals surface area contributed by atoms with Crippen LogP contribution in [0.2, 0.25) is 0 Å². The van der Waals surface area contributed by atoms with Crippen LogP contribution in [0.15, 0.2) is 34.5 Å². The topological polar surface area (TPSA) is 110 Å². The number of carbonyl (C=O) groups excluding carboxylic acids is 2. The fourth-order valence-electron chi connectivity index (χ4n) is 3.07. The maximum atomic E-state index is 12.9. The lowest BCUT2D eigenvalue weighted by Gasteiger charge is -2.25. The molecule has 3 N–H and O–H groups in total. The molecule has 3 rings (SSSR count). The van der Waals surface area contributed by atoms with Crippen molar-refractivity contribution in [2.45, 2.75) is 36.8 Å². The molecule has 1 aromatic carbocycles. The van der Waals surface area contributed by atoms with Crippen LogP contribution >= 0.6 is 11.3 Å². The van der Waals surface area contributed by atoms with Crippen LogP contribution < -0.4 is 11.1 Å². The van der Waals surface area contributed by atoms with Crippen LogP contribution in [-0.2, 0) is 21.2 Å². The zero-order valence-electron chi connectivity index (χ0n) is 15.6. The number of rotatable bonds is 6. The van der Waals surface area contributed by atoms with Gasteiger partial charge in [0.1, 0.15) is 9.21 Å². The van der Waals surface area contributed by atoms with Gasteiger partial charge in [-0.2, -0.15) is 4.31 Å². The molecule has 0 unspecified atom stereocenters. The molecule has 1 saturated heterocycles. The van der Waals surface area contributed by atoms with Gasteiger partial charge in [-0.1, -0.05) is 36.2 Å². The van der Waals surface area contributed by atoms with E-state index in [9.17, 15) is 18.0 Å². The van der Waals surface area contributed by atoms with E-state index in [-0.39, 0.29) is 27.1 Å². The molecule has 1 aliphatic rings. The predicted octanol–water partition coefficient (Wildman–Crippen LogP) is 2.51. The minimum Gasteiger partial charge on any atom is -0.366 e. The number of nitrogens with one attached hydrogen (secondary N) is 1. The number of primary amides is 1. The number of amides is 2. The molecule has 0 atom stereocenters. The lowest BCUT2D eigenvalue weighted by Crippen LogP contribution is -2.35. The maximum Gasteiger partial charge on any atom is 0.252 e. The van der Waals surface area contributed by atoms with Crippen LogP contribution in [0.25, 0.3) is 0 Å². The summed E-state index contributed by atoms with van der Waals surface area (Å²) in [6.07, 6.45) is 2.74. The van der Waals surface area contributed by atoms with E-state index in [1.54, 1.807) is 0 Å². The first-order valence-corrected chi connectivity index (χ1v) is 11.3. The minimum absolute atomic E-state index is 0.0119. The van der Waals surface area contributed by atoms with Gasteiger partial charge in [0.2, 0.25) is 5.91 Å². The summed E-state index contributed by atoms with van der Waals surface area (Å²) in [6.45, 7) is 2.88. The van der Waals surface area contributed by atoms with Gasteiger partial charge < -0.3 is 11.1 Å². The highest BCUT2D eigenvalue weighted by Crippen LogP contribution is 2.34. The van der Waals surface area contributed by atoms with E-state index < -0.39 is 15.9 Å². The minimum atomic E-state index is -3.70. The number of sulfonamides is 1. The molecule has 0 spiro atoms. The highest BCUT2D eigenvalue weighted by atomic mass is 32.2. The second kappa shape index (κ2) is 8.42. The SMILES string of the molecule is Cc1ccc(CC(=O)Nc2sc(S(=O)(=O)N3CCCCC3)cc2C(N)=O)cc1. The molecule has 0 bridgehead atoms. The average molecular weight is 422 g/mol. The Balaban J connectivity index is 1.81. The summed E-state index contributed by atoms with van der Waals surface area (Å²) in [5.41, 5.74) is 7.32. The lowest BCUT2D eigenvalue weighted by molar-refractivity contribution is -0.115. The average Bonchev–Trinajstić information content (AvgIpc) is 3.09. The van der Waals surface area contributed by atoms with Gasteiger partial charge >= 0.3 is 0 Å². The molecule has 7 nitrogen and oxygen atoms in total. The Morgan fingerprint density at radius 3 is 2.39 bits per heavy atom. The molecule has 0 radical (unpaired) electrons. The van der Waals surface area contributed by atoms with Crippen molar-refractivity contribution in [3.8, 4) is 0 Å². The smallest absolute Gasteiger partial charge is 0.252 e. The molecular formula is C19H23N3O4S2. The fraction of sp³-hybridized carbons (Fsp3) is 0.368. The normalized spacial score (nSPS) is 15.3. The molecular weight excluding hydrogens is 398 g/mol. The standard InChI is InChI=1S/C19H23N3O4S2/c1-13-5-7-14(8-6-13)11-16(23)21-19-15(18(20)24)12-17(27-19)28(25,26)22-9-3-2-4-10-22/h5-8,12H,2-4,9-11H2,1H3,(H2,20,24)(H,21,23). The lowest BCUT2D eigenvalue weighted by atomic mass is 10.1. The Morgan fingerprint density at radius 2 is 1.79 bits per heavy atom. The number of nitrogens with two attached hydrogens (primary N) is 1. The second-order valence-electron chi connectivity index (χ2n) is 6.85. The molecule has 28 heavy (non-hydrogen) atoms. The Hall–Kier alpha value is -2.23. The van der Waals surface area contributed by atoms with Gasteiger partial charge in [-0.25, -0.2) is 8.42 Å². The van der Waals surface area contributed by atoms with Gasteiger partial charge in [0.05, 0.1) is 12.0 Å². The third kappa shape index (κ3) is 4.60. The van der Waals surface area contributed by atoms with E-state index in [4.69, 9.17) is 5.73 Å². The summed E-state index contributed by atoms with van der Waals surface area (Å²) in [7, 11) is -3.70. The highest BCUT2D eigenvalue weighted by molar-refractivity contribution is 7.91. The first-order chi connectivity index (χ1) is 13.3. The fourth-order valence-corrected chi connectivity index (χ4v) is 6.13. The Bertz CT molecular complexity index is 975. The predicted molar refractivity (Wildman–Crippen MR) is 109 cm³/mol. The molecule has 150 valence electrons. The van der Waals surface area contributed by atoms with Gasteiger partial charge in [-0.3, -0.25) is 9.59 Å². The number of carbonyl (C=O) groups is 2. The van der Waals surface area contributed by atoms with E-state index in [1.165, 1.54) is 10.4 Å². The third-order valence-corrected chi connectivity index (χ3v) is 8.02. The van der Waals surface area contributed by atoms with E-state index in [0.717, 1.165) is 41.7 Å². The molecule has 2 amide bonds.